The van der Waals surface area contributed by atoms with E-state index in [1.54, 1.807) is 0 Å². The summed E-state index contributed by atoms with van der Waals surface area (Å²) >= 11 is 0. The standard InChI is InChI=1S/2C13H9N3O5.C6H12N2.Pt/c2*17-12-7-9(4-5-11(12)13(18)19)15-14-8-2-1-3-10(6-8)16(20)21;7-5-3-1-2-4-6(5)8;/h2*1-7,17H,(H,18,19);5-8H,1-4H2;/q;;-2;+4/p-2. The molecule has 0 bridgehead atoms. The first-order chi connectivity index (χ1) is 23.7. The average Bonchev–Trinajstić information content (AvgIpc) is 3.08. The smallest absolute Gasteiger partial charge is 0.872 e. The summed E-state index contributed by atoms with van der Waals surface area (Å²) in [5.41, 5.74) is 14.4. The van der Waals surface area contributed by atoms with E-state index in [-0.39, 0.29) is 78.4 Å². The monoisotopic (exact) mass is 879 g/mol. The van der Waals surface area contributed by atoms with Gasteiger partial charge >= 0.3 is 33.0 Å². The van der Waals surface area contributed by atoms with E-state index in [1.807, 2.05) is 0 Å². The molecule has 0 radical (unpaired) electrons. The Morgan fingerprint density at radius 1 is 0.608 bits per heavy atom. The Morgan fingerprint density at radius 3 is 1.22 bits per heavy atom. The van der Waals surface area contributed by atoms with Gasteiger partial charge in [-0.05, 0) is 48.5 Å². The zero-order valence-corrected chi connectivity index (χ0v) is 28.5. The van der Waals surface area contributed by atoms with Gasteiger partial charge in [0.05, 0.1) is 43.7 Å². The summed E-state index contributed by atoms with van der Waals surface area (Å²) in [7, 11) is 0. The Balaban J connectivity index is 0.000000286. The molecule has 2 unspecified atom stereocenters. The number of hydrogen-bond acceptors (Lipinski definition) is 12. The van der Waals surface area contributed by atoms with Crippen molar-refractivity contribution in [1.82, 2.24) is 0 Å². The number of benzene rings is 4. The number of carbonyl (C=O) groups is 2. The number of nitrogens with zero attached hydrogens (tertiary/aromatic N) is 6. The molecule has 4 aromatic rings. The van der Waals surface area contributed by atoms with Crippen molar-refractivity contribution in [3.8, 4) is 11.5 Å². The maximum absolute atomic E-state index is 11.5. The van der Waals surface area contributed by atoms with Gasteiger partial charge in [-0.2, -0.15) is 32.5 Å². The molecule has 1 saturated carbocycles. The van der Waals surface area contributed by atoms with Gasteiger partial charge in [-0.15, -0.1) is 0 Å². The molecule has 266 valence electrons. The van der Waals surface area contributed by atoms with E-state index in [9.17, 15) is 40.0 Å². The molecule has 0 saturated heterocycles. The number of non-ortho nitro benzene ring substituents is 2. The van der Waals surface area contributed by atoms with Crippen LogP contribution in [0.5, 0.6) is 11.5 Å². The van der Waals surface area contributed by atoms with Crippen LogP contribution in [0.4, 0.5) is 34.1 Å². The number of azo groups is 2. The van der Waals surface area contributed by atoms with E-state index < -0.39 is 33.3 Å². The van der Waals surface area contributed by atoms with Crippen LogP contribution in [-0.2, 0) is 21.1 Å². The number of carboxylic acid groups (broad SMARTS) is 2. The number of hydrogen-bond donors (Lipinski definition) is 2. The summed E-state index contributed by atoms with van der Waals surface area (Å²) in [5.74, 6) is -4.00. The van der Waals surface area contributed by atoms with Crippen molar-refractivity contribution in [3.05, 3.63) is 128 Å². The summed E-state index contributed by atoms with van der Waals surface area (Å²) in [6, 6.07) is 17.9. The van der Waals surface area contributed by atoms with Gasteiger partial charge in [0.1, 0.15) is 0 Å². The molecule has 0 aromatic heterocycles. The number of nitro groups is 2. The Hall–Kier alpha value is -5.97. The minimum Gasteiger partial charge on any atom is -0.872 e. The zero-order valence-electron chi connectivity index (χ0n) is 26.2. The molecule has 1 fully saturated rings. The molecule has 0 aliphatic heterocycles. The molecule has 51 heavy (non-hydrogen) atoms. The molecular formula is C32H28N8O10Pt. The largest absolute Gasteiger partial charge is 4.00 e. The van der Waals surface area contributed by atoms with Crippen LogP contribution in [0.3, 0.4) is 0 Å². The second-order valence-electron chi connectivity index (χ2n) is 10.4. The third kappa shape index (κ3) is 13.1. The first-order valence-corrected chi connectivity index (χ1v) is 14.6. The molecular weight excluding hydrogens is 851 g/mol. The van der Waals surface area contributed by atoms with E-state index in [0.29, 0.717) is 0 Å². The summed E-state index contributed by atoms with van der Waals surface area (Å²) in [6.07, 6.45) is 4.25. The predicted octanol–water partition coefficient (Wildman–Crippen LogP) is 7.96. The van der Waals surface area contributed by atoms with E-state index >= 15 is 0 Å². The molecule has 18 nitrogen and oxygen atoms in total. The van der Waals surface area contributed by atoms with E-state index in [1.165, 1.54) is 73.5 Å². The number of aromatic carboxylic acids is 2. The van der Waals surface area contributed by atoms with Crippen molar-refractivity contribution < 1.29 is 60.9 Å². The third-order valence-corrected chi connectivity index (χ3v) is 6.80. The molecule has 1 aliphatic rings. The van der Waals surface area contributed by atoms with Crippen molar-refractivity contribution in [2.45, 2.75) is 37.8 Å². The van der Waals surface area contributed by atoms with Crippen LogP contribution < -0.4 is 10.2 Å². The summed E-state index contributed by atoms with van der Waals surface area (Å²) in [6.45, 7) is 0. The number of rotatable bonds is 8. The number of nitro benzene ring substituents is 2. The zero-order chi connectivity index (χ0) is 36.8. The SMILES string of the molecule is O=C(O)c1ccc(N=Nc2cccc([N+](=O)[O-])c2)cc1[O-].O=C(O)c1ccc(N=Nc2cccc([N+](=O)[O-])c2)cc1[O-].[NH-]C1CCCCC1[NH-].[Pt+4]. The molecule has 0 amide bonds. The molecule has 0 spiro atoms. The van der Waals surface area contributed by atoms with Crippen molar-refractivity contribution in [2.24, 2.45) is 20.5 Å². The van der Waals surface area contributed by atoms with Gasteiger partial charge in [-0.25, -0.2) is 9.59 Å². The van der Waals surface area contributed by atoms with Crippen LogP contribution in [-0.4, -0.2) is 44.1 Å². The third-order valence-electron chi connectivity index (χ3n) is 6.80. The van der Waals surface area contributed by atoms with Crippen molar-refractivity contribution in [3.63, 3.8) is 0 Å². The fourth-order valence-corrected chi connectivity index (χ4v) is 4.20. The molecule has 19 heteroatoms. The van der Waals surface area contributed by atoms with Gasteiger partial charge in [0.25, 0.3) is 11.4 Å². The van der Waals surface area contributed by atoms with Gasteiger partial charge in [-0.1, -0.05) is 49.3 Å². The van der Waals surface area contributed by atoms with Gasteiger partial charge in [0.15, 0.2) is 0 Å². The molecule has 4 N–H and O–H groups in total. The molecule has 1 aliphatic carbocycles. The van der Waals surface area contributed by atoms with Crippen LogP contribution in [0.25, 0.3) is 11.5 Å². The van der Waals surface area contributed by atoms with Crippen LogP contribution in [0.2, 0.25) is 0 Å². The van der Waals surface area contributed by atoms with E-state index in [0.717, 1.165) is 37.1 Å². The summed E-state index contributed by atoms with van der Waals surface area (Å²) in [5, 5.41) is 76.6. The Labute approximate surface area is 303 Å². The van der Waals surface area contributed by atoms with Gasteiger partial charge < -0.3 is 31.9 Å². The summed E-state index contributed by atoms with van der Waals surface area (Å²) in [4.78, 5) is 41.5. The Morgan fingerprint density at radius 2 is 0.941 bits per heavy atom. The van der Waals surface area contributed by atoms with Crippen LogP contribution in [0.15, 0.2) is 105 Å². The minimum atomic E-state index is -1.32. The quantitative estimate of drug-likeness (QED) is 0.0976. The fourth-order valence-electron chi connectivity index (χ4n) is 4.20. The minimum absolute atomic E-state index is 0. The second-order valence-corrected chi connectivity index (χ2v) is 10.4. The summed E-state index contributed by atoms with van der Waals surface area (Å²) < 4.78 is 0. The fraction of sp³-hybridized carbons (Fsp3) is 0.188. The van der Waals surface area contributed by atoms with Crippen molar-refractivity contribution in [2.75, 3.05) is 0 Å². The van der Waals surface area contributed by atoms with Gasteiger partial charge in [-0.3, -0.25) is 20.2 Å². The van der Waals surface area contributed by atoms with E-state index in [2.05, 4.69) is 20.5 Å². The maximum atomic E-state index is 11.5. The second kappa shape index (κ2) is 19.9. The van der Waals surface area contributed by atoms with Crippen LogP contribution in [0.1, 0.15) is 46.4 Å². The maximum Gasteiger partial charge on any atom is 4.00 e. The van der Waals surface area contributed by atoms with Crippen molar-refractivity contribution >= 4 is 46.1 Å². The molecule has 0 heterocycles. The molecule has 2 atom stereocenters. The Kier molecular flexibility index (Phi) is 16.1. The van der Waals surface area contributed by atoms with Gasteiger partial charge in [0.2, 0.25) is 0 Å². The van der Waals surface area contributed by atoms with Crippen LogP contribution >= 0.6 is 0 Å². The normalized spacial score (nSPS) is 15.0. The number of carboxylic acids is 2. The first kappa shape index (κ1) is 41.2. The topological polar surface area (TPSA) is 304 Å². The molecule has 5 rings (SSSR count). The molecule has 4 aromatic carbocycles. The predicted molar refractivity (Wildman–Crippen MR) is 175 cm³/mol. The number of nitrogens with one attached hydrogen (secondary N) is 2. The first-order valence-electron chi connectivity index (χ1n) is 14.6. The van der Waals surface area contributed by atoms with Crippen molar-refractivity contribution in [1.29, 1.82) is 0 Å². The Bertz CT molecular complexity index is 1790. The average molecular weight is 880 g/mol. The van der Waals surface area contributed by atoms with Gasteiger partial charge in [0, 0.05) is 24.3 Å². The van der Waals surface area contributed by atoms with E-state index in [4.69, 9.17) is 21.7 Å². The van der Waals surface area contributed by atoms with Crippen LogP contribution in [0, 0.1) is 20.2 Å².